The number of aliphatic hydroxyl groups excluding tert-OH is 1. The van der Waals surface area contributed by atoms with Crippen LogP contribution in [-0.2, 0) is 24.9 Å². The zero-order chi connectivity index (χ0) is 38.6. The van der Waals surface area contributed by atoms with Gasteiger partial charge in [0.05, 0.1) is 58.5 Å². The van der Waals surface area contributed by atoms with Gasteiger partial charge in [0.2, 0.25) is 0 Å². The minimum atomic E-state index is -1.99. The van der Waals surface area contributed by atoms with Gasteiger partial charge in [-0.1, -0.05) is 95.2 Å². The van der Waals surface area contributed by atoms with Crippen LogP contribution < -0.4 is 9.47 Å². The highest BCUT2D eigenvalue weighted by Gasteiger charge is 2.39. The van der Waals surface area contributed by atoms with E-state index in [1.165, 1.54) is 11.1 Å². The van der Waals surface area contributed by atoms with Gasteiger partial charge in [0.25, 0.3) is 0 Å². The topological polar surface area (TPSA) is 75.6 Å². The lowest BCUT2D eigenvalue weighted by Gasteiger charge is -2.39. The molecule has 4 atom stereocenters. The van der Waals surface area contributed by atoms with Gasteiger partial charge in [0.15, 0.2) is 28.1 Å². The van der Waals surface area contributed by atoms with Gasteiger partial charge in [0.1, 0.15) is 0 Å². The third kappa shape index (κ3) is 15.5. The van der Waals surface area contributed by atoms with Crippen LogP contribution in [0, 0.1) is 0 Å². The Balaban J connectivity index is 1.99. The van der Waals surface area contributed by atoms with Crippen molar-refractivity contribution < 1.29 is 32.9 Å². The normalized spacial score (nSPS) is 19.8. The number of hydrogen-bond donors (Lipinski definition) is 1. The summed E-state index contributed by atoms with van der Waals surface area (Å²) in [5, 5.41) is 11.0. The monoisotopic (exact) mass is 744 g/mol. The van der Waals surface area contributed by atoms with Crippen LogP contribution in [0.2, 0.25) is 36.3 Å². The fourth-order valence-electron chi connectivity index (χ4n) is 5.47. The summed E-state index contributed by atoms with van der Waals surface area (Å²) in [6.07, 6.45) is 12.0. The van der Waals surface area contributed by atoms with E-state index in [0.717, 1.165) is 36.8 Å². The number of benzene rings is 1. The summed E-state index contributed by atoms with van der Waals surface area (Å²) in [6.45, 7) is 32.8. The van der Waals surface area contributed by atoms with E-state index in [1.54, 1.807) is 14.2 Å². The van der Waals surface area contributed by atoms with Gasteiger partial charge < -0.3 is 32.9 Å². The standard InChI is InChI=1S/C42H72O7Si2/c1-31(21-22-47-50(12,13)41(4,5)6)24-37(49-51(14,15)42(7,8)9)18-16-17-36-25-33(3)27-38(48-36)26-32(2)23-35(43)30-46-29-34-19-20-39(44-10)40(28-34)45-11/h16,18-21,26,28,35-38,43H,3,17,22-25,27,29-30H2,1-2,4-15H3/b18-16+,31-21-,32-26+/t35-,36-,37+,38+/m1/s1. The number of methoxy groups -OCH3 is 2. The highest BCUT2D eigenvalue weighted by molar-refractivity contribution is 6.74. The molecule has 0 aliphatic carbocycles. The first-order chi connectivity index (χ1) is 23.6. The molecule has 0 bridgehead atoms. The second kappa shape index (κ2) is 19.9. The Kier molecular flexibility index (Phi) is 17.6. The number of hydrogen-bond acceptors (Lipinski definition) is 7. The summed E-state index contributed by atoms with van der Waals surface area (Å²) < 4.78 is 36.4. The van der Waals surface area contributed by atoms with Gasteiger partial charge in [-0.2, -0.15) is 0 Å². The molecule has 1 aromatic carbocycles. The third-order valence-corrected chi connectivity index (χ3v) is 19.6. The molecule has 0 radical (unpaired) electrons. The second-order valence-corrected chi connectivity index (χ2v) is 27.0. The van der Waals surface area contributed by atoms with Crippen molar-refractivity contribution in [2.45, 2.75) is 155 Å². The predicted octanol–water partition coefficient (Wildman–Crippen LogP) is 10.7. The van der Waals surface area contributed by atoms with Crippen molar-refractivity contribution >= 4 is 16.6 Å². The van der Waals surface area contributed by atoms with Gasteiger partial charge in [-0.05, 0) is 99.9 Å². The molecule has 0 aromatic heterocycles. The zero-order valence-corrected chi connectivity index (χ0v) is 36.6. The smallest absolute Gasteiger partial charge is 0.192 e. The predicted molar refractivity (Wildman–Crippen MR) is 218 cm³/mol. The molecule has 1 saturated heterocycles. The van der Waals surface area contributed by atoms with E-state index in [0.29, 0.717) is 31.1 Å². The molecular formula is C42H72O7Si2. The fourth-order valence-corrected chi connectivity index (χ4v) is 7.67. The molecule has 1 aromatic rings. The average molecular weight is 745 g/mol. The summed E-state index contributed by atoms with van der Waals surface area (Å²) in [5.74, 6) is 1.33. The minimum Gasteiger partial charge on any atom is -0.493 e. The zero-order valence-electron chi connectivity index (χ0n) is 34.6. The molecule has 1 N–H and O–H groups in total. The summed E-state index contributed by atoms with van der Waals surface area (Å²) in [5.41, 5.74) is 4.52. The summed E-state index contributed by atoms with van der Waals surface area (Å²) >= 11 is 0. The summed E-state index contributed by atoms with van der Waals surface area (Å²) in [7, 11) is -0.567. The number of rotatable bonds is 19. The Bertz CT molecular complexity index is 1330. The summed E-state index contributed by atoms with van der Waals surface area (Å²) in [6, 6.07) is 5.68. The highest BCUT2D eigenvalue weighted by Crippen LogP contribution is 2.39. The minimum absolute atomic E-state index is 0.00445. The lowest BCUT2D eigenvalue weighted by atomic mass is 9.95. The molecule has 1 aliphatic rings. The van der Waals surface area contributed by atoms with Crippen molar-refractivity contribution in [3.63, 3.8) is 0 Å². The van der Waals surface area contributed by atoms with Crippen molar-refractivity contribution in [2.75, 3.05) is 27.4 Å². The van der Waals surface area contributed by atoms with E-state index in [2.05, 4.69) is 106 Å². The Morgan fingerprint density at radius 3 is 2.20 bits per heavy atom. The van der Waals surface area contributed by atoms with Crippen LogP contribution in [-0.4, -0.2) is 73.6 Å². The Morgan fingerprint density at radius 1 is 0.941 bits per heavy atom. The molecular weight excluding hydrogens is 673 g/mol. The molecule has 0 amide bonds. The van der Waals surface area contributed by atoms with E-state index in [-0.39, 0.29) is 35.0 Å². The van der Waals surface area contributed by atoms with Gasteiger partial charge in [-0.3, -0.25) is 0 Å². The first-order valence-electron chi connectivity index (χ1n) is 18.7. The van der Waals surface area contributed by atoms with Crippen molar-refractivity contribution in [1.82, 2.24) is 0 Å². The largest absolute Gasteiger partial charge is 0.493 e. The van der Waals surface area contributed by atoms with E-state index in [4.69, 9.17) is 27.8 Å². The maximum Gasteiger partial charge on any atom is 0.192 e. The Morgan fingerprint density at radius 2 is 1.59 bits per heavy atom. The molecule has 0 unspecified atom stereocenters. The van der Waals surface area contributed by atoms with Gasteiger partial charge >= 0.3 is 0 Å². The SMILES string of the molecule is C=C1C[C@@H](C/C=C/[C@@H](C/C(C)=C\CO[Si](C)(C)C(C)(C)C)O[Si](C)(C)C(C)(C)C)O[C@@H](/C=C(\C)C[C@@H](O)COCc2ccc(OC)c(OC)c2)C1. The third-order valence-electron chi connectivity index (χ3n) is 10.6. The molecule has 1 heterocycles. The fraction of sp³-hybridized carbons (Fsp3) is 0.667. The van der Waals surface area contributed by atoms with E-state index in [1.807, 2.05) is 25.1 Å². The van der Waals surface area contributed by atoms with Gasteiger partial charge in [0, 0.05) is 0 Å². The van der Waals surface area contributed by atoms with Crippen LogP contribution in [0.5, 0.6) is 11.5 Å². The quantitative estimate of drug-likeness (QED) is 0.112. The molecule has 1 fully saturated rings. The van der Waals surface area contributed by atoms with Crippen molar-refractivity contribution in [1.29, 1.82) is 0 Å². The van der Waals surface area contributed by atoms with Crippen LogP contribution in [0.1, 0.15) is 93.1 Å². The van der Waals surface area contributed by atoms with Crippen molar-refractivity contribution in [3.8, 4) is 11.5 Å². The Hall–Kier alpha value is -1.99. The van der Waals surface area contributed by atoms with Crippen molar-refractivity contribution in [2.24, 2.45) is 0 Å². The van der Waals surface area contributed by atoms with Gasteiger partial charge in [-0.15, -0.1) is 0 Å². The van der Waals surface area contributed by atoms with Crippen LogP contribution in [0.3, 0.4) is 0 Å². The molecule has 0 saturated carbocycles. The van der Waals surface area contributed by atoms with E-state index in [9.17, 15) is 5.11 Å². The lowest BCUT2D eigenvalue weighted by molar-refractivity contribution is -0.00461. The van der Waals surface area contributed by atoms with Gasteiger partial charge in [-0.25, -0.2) is 0 Å². The van der Waals surface area contributed by atoms with E-state index < -0.39 is 22.7 Å². The maximum atomic E-state index is 10.7. The Labute approximate surface area is 313 Å². The number of ether oxygens (including phenoxy) is 4. The molecule has 9 heteroatoms. The molecule has 2 rings (SSSR count). The lowest BCUT2D eigenvalue weighted by Crippen LogP contribution is -2.43. The summed E-state index contributed by atoms with van der Waals surface area (Å²) in [4.78, 5) is 0. The van der Waals surface area contributed by atoms with Crippen LogP contribution >= 0.6 is 0 Å². The molecule has 290 valence electrons. The molecule has 1 aliphatic heterocycles. The maximum absolute atomic E-state index is 10.7. The molecule has 51 heavy (non-hydrogen) atoms. The van der Waals surface area contributed by atoms with Crippen LogP contribution in [0.25, 0.3) is 0 Å². The van der Waals surface area contributed by atoms with Crippen molar-refractivity contribution in [3.05, 3.63) is 71.4 Å². The number of aliphatic hydroxyl groups is 1. The first-order valence-corrected chi connectivity index (χ1v) is 24.5. The average Bonchev–Trinajstić information content (AvgIpc) is 2.99. The van der Waals surface area contributed by atoms with Crippen LogP contribution in [0.15, 0.2) is 65.8 Å². The second-order valence-electron chi connectivity index (χ2n) is 17.4. The first kappa shape index (κ1) is 45.2. The van der Waals surface area contributed by atoms with E-state index >= 15 is 0 Å². The highest BCUT2D eigenvalue weighted by atomic mass is 28.4. The molecule has 0 spiro atoms. The molecule has 7 nitrogen and oxygen atoms in total. The van der Waals surface area contributed by atoms with Crippen LogP contribution in [0.4, 0.5) is 0 Å².